The van der Waals surface area contributed by atoms with Gasteiger partial charge in [-0.25, -0.2) is 4.79 Å². The average Bonchev–Trinajstić information content (AvgIpc) is 2.26. The molecule has 1 amide bonds. The van der Waals surface area contributed by atoms with Crippen LogP contribution >= 0.6 is 0 Å². The third-order valence-corrected chi connectivity index (χ3v) is 3.16. The zero-order valence-electron chi connectivity index (χ0n) is 11.5. The van der Waals surface area contributed by atoms with Crippen molar-refractivity contribution in [2.24, 2.45) is 0 Å². The molecule has 0 aliphatic rings. The van der Waals surface area contributed by atoms with Crippen molar-refractivity contribution in [1.82, 2.24) is 10.3 Å². The molecular weight excluding hydrogens is 248 g/mol. The molecule has 6 heteroatoms. The number of rotatable bonds is 4. The second kappa shape index (κ2) is 5.26. The lowest BCUT2D eigenvalue weighted by atomic mass is 9.98. The third kappa shape index (κ3) is 3.01. The van der Waals surface area contributed by atoms with Crippen LogP contribution in [0, 0.1) is 13.8 Å². The van der Waals surface area contributed by atoms with Crippen LogP contribution in [0.2, 0.25) is 0 Å². The molecule has 0 aromatic carbocycles. The van der Waals surface area contributed by atoms with Crippen molar-refractivity contribution in [2.45, 2.75) is 39.7 Å². The van der Waals surface area contributed by atoms with Crippen LogP contribution in [0.15, 0.2) is 10.9 Å². The number of carboxylic acids is 1. The maximum Gasteiger partial charge on any atom is 0.329 e. The molecule has 1 heterocycles. The summed E-state index contributed by atoms with van der Waals surface area (Å²) in [5.41, 5.74) is -0.788. The summed E-state index contributed by atoms with van der Waals surface area (Å²) in [7, 11) is 0. The van der Waals surface area contributed by atoms with Gasteiger partial charge in [-0.3, -0.25) is 9.59 Å². The summed E-state index contributed by atoms with van der Waals surface area (Å²) in [6, 6.07) is 1.67. The van der Waals surface area contributed by atoms with Gasteiger partial charge >= 0.3 is 5.97 Å². The summed E-state index contributed by atoms with van der Waals surface area (Å²) in [5.74, 6) is -1.81. The number of H-pyrrole nitrogens is 1. The highest BCUT2D eigenvalue weighted by atomic mass is 16.4. The quantitative estimate of drug-likeness (QED) is 0.756. The number of aryl methyl sites for hydroxylation is 2. The Morgan fingerprint density at radius 1 is 1.42 bits per heavy atom. The fourth-order valence-electron chi connectivity index (χ4n) is 1.74. The van der Waals surface area contributed by atoms with Crippen LogP contribution in [0.5, 0.6) is 0 Å². The van der Waals surface area contributed by atoms with Crippen LogP contribution in [0.25, 0.3) is 0 Å². The van der Waals surface area contributed by atoms with Gasteiger partial charge in [0.15, 0.2) is 0 Å². The fourth-order valence-corrected chi connectivity index (χ4v) is 1.74. The van der Waals surface area contributed by atoms with Gasteiger partial charge in [0.05, 0.1) is 0 Å². The standard InChI is InChI=1S/C13H18N2O4/c1-5-13(4,12(18)19)15-11(17)9-7(2)6-8(3)14-10(9)16/h6H,5H2,1-4H3,(H,14,16)(H,15,17)(H,18,19). The largest absolute Gasteiger partial charge is 0.480 e. The van der Waals surface area contributed by atoms with E-state index < -0.39 is 23.0 Å². The summed E-state index contributed by atoms with van der Waals surface area (Å²) in [6.45, 7) is 6.41. The predicted molar refractivity (Wildman–Crippen MR) is 70.3 cm³/mol. The molecule has 1 atom stereocenters. The second-order valence-corrected chi connectivity index (χ2v) is 4.78. The number of carboxylic acid groups (broad SMARTS) is 1. The smallest absolute Gasteiger partial charge is 0.329 e. The highest BCUT2D eigenvalue weighted by Gasteiger charge is 2.34. The van der Waals surface area contributed by atoms with Crippen LogP contribution in [0.4, 0.5) is 0 Å². The molecule has 104 valence electrons. The predicted octanol–water partition coefficient (Wildman–Crippen LogP) is 0.975. The number of aromatic nitrogens is 1. The first-order valence-corrected chi connectivity index (χ1v) is 5.97. The molecule has 0 fully saturated rings. The number of pyridine rings is 1. The molecule has 0 saturated heterocycles. The Balaban J connectivity index is 3.16. The van der Waals surface area contributed by atoms with Crippen LogP contribution in [-0.2, 0) is 4.79 Å². The van der Waals surface area contributed by atoms with Gasteiger partial charge in [0, 0.05) is 5.69 Å². The van der Waals surface area contributed by atoms with Gasteiger partial charge in [-0.2, -0.15) is 0 Å². The summed E-state index contributed by atoms with van der Waals surface area (Å²) in [6.07, 6.45) is 0.219. The van der Waals surface area contributed by atoms with E-state index in [0.717, 1.165) is 0 Å². The number of carbonyl (C=O) groups excluding carboxylic acids is 1. The third-order valence-electron chi connectivity index (χ3n) is 3.16. The van der Waals surface area contributed by atoms with Gasteiger partial charge < -0.3 is 15.4 Å². The zero-order chi connectivity index (χ0) is 14.8. The van der Waals surface area contributed by atoms with E-state index in [0.29, 0.717) is 11.3 Å². The van der Waals surface area contributed by atoms with Crippen molar-refractivity contribution in [3.63, 3.8) is 0 Å². The number of carbonyl (C=O) groups is 2. The van der Waals surface area contributed by atoms with Crippen molar-refractivity contribution in [3.8, 4) is 0 Å². The second-order valence-electron chi connectivity index (χ2n) is 4.78. The monoisotopic (exact) mass is 266 g/mol. The van der Waals surface area contributed by atoms with E-state index in [1.165, 1.54) is 6.92 Å². The molecular formula is C13H18N2O4. The zero-order valence-corrected chi connectivity index (χ0v) is 11.5. The van der Waals surface area contributed by atoms with E-state index in [1.807, 2.05) is 0 Å². The molecule has 0 saturated carbocycles. The molecule has 1 aromatic rings. The van der Waals surface area contributed by atoms with Gasteiger partial charge in [0.1, 0.15) is 11.1 Å². The number of hydrogen-bond donors (Lipinski definition) is 3. The number of hydrogen-bond acceptors (Lipinski definition) is 3. The number of aromatic amines is 1. The van der Waals surface area contributed by atoms with Crippen molar-refractivity contribution in [3.05, 3.63) is 33.2 Å². The highest BCUT2D eigenvalue weighted by molar-refractivity contribution is 5.98. The average molecular weight is 266 g/mol. The Hall–Kier alpha value is -2.11. The van der Waals surface area contributed by atoms with Crippen LogP contribution in [0.3, 0.4) is 0 Å². The molecule has 0 bridgehead atoms. The van der Waals surface area contributed by atoms with Gasteiger partial charge in [0.25, 0.3) is 11.5 Å². The van der Waals surface area contributed by atoms with Crippen molar-refractivity contribution < 1.29 is 14.7 Å². The molecule has 0 radical (unpaired) electrons. The lowest BCUT2D eigenvalue weighted by Gasteiger charge is -2.24. The lowest BCUT2D eigenvalue weighted by molar-refractivity contribution is -0.143. The highest BCUT2D eigenvalue weighted by Crippen LogP contribution is 2.11. The molecule has 0 aliphatic heterocycles. The first-order chi connectivity index (χ1) is 8.71. The SMILES string of the molecule is CCC(C)(NC(=O)c1c(C)cc(C)[nH]c1=O)C(=O)O. The Bertz CT molecular complexity index is 576. The van der Waals surface area contributed by atoms with E-state index in [4.69, 9.17) is 5.11 Å². The van der Waals surface area contributed by atoms with Crippen LogP contribution in [0.1, 0.15) is 41.9 Å². The van der Waals surface area contributed by atoms with Gasteiger partial charge in [-0.15, -0.1) is 0 Å². The molecule has 3 N–H and O–H groups in total. The van der Waals surface area contributed by atoms with Crippen molar-refractivity contribution in [1.29, 1.82) is 0 Å². The van der Waals surface area contributed by atoms with E-state index in [2.05, 4.69) is 10.3 Å². The summed E-state index contributed by atoms with van der Waals surface area (Å²) < 4.78 is 0. The maximum atomic E-state index is 12.1. The molecule has 6 nitrogen and oxygen atoms in total. The Morgan fingerprint density at radius 3 is 2.42 bits per heavy atom. The fraction of sp³-hybridized carbons (Fsp3) is 0.462. The van der Waals surface area contributed by atoms with Crippen molar-refractivity contribution >= 4 is 11.9 Å². The molecule has 1 rings (SSSR count). The van der Waals surface area contributed by atoms with E-state index in [-0.39, 0.29) is 12.0 Å². The minimum atomic E-state index is -1.39. The molecule has 0 spiro atoms. The number of amides is 1. The topological polar surface area (TPSA) is 99.3 Å². The molecule has 0 aliphatic carbocycles. The Labute approximate surface area is 110 Å². The molecule has 19 heavy (non-hydrogen) atoms. The summed E-state index contributed by atoms with van der Waals surface area (Å²) >= 11 is 0. The molecule has 1 aromatic heterocycles. The van der Waals surface area contributed by atoms with E-state index in [9.17, 15) is 14.4 Å². The molecule has 1 unspecified atom stereocenters. The maximum absolute atomic E-state index is 12.1. The van der Waals surface area contributed by atoms with Crippen molar-refractivity contribution in [2.75, 3.05) is 0 Å². The minimum absolute atomic E-state index is 0.0495. The Kier molecular flexibility index (Phi) is 4.14. The summed E-state index contributed by atoms with van der Waals surface area (Å²) in [4.78, 5) is 37.5. The first kappa shape index (κ1) is 14.9. The van der Waals surface area contributed by atoms with E-state index >= 15 is 0 Å². The number of nitrogens with one attached hydrogen (secondary N) is 2. The van der Waals surface area contributed by atoms with Gasteiger partial charge in [0.2, 0.25) is 0 Å². The van der Waals surface area contributed by atoms with Gasteiger partial charge in [-0.05, 0) is 38.8 Å². The number of aliphatic carboxylic acids is 1. The lowest BCUT2D eigenvalue weighted by Crippen LogP contribution is -2.52. The van der Waals surface area contributed by atoms with Crippen LogP contribution in [-0.4, -0.2) is 27.5 Å². The minimum Gasteiger partial charge on any atom is -0.480 e. The normalized spacial score (nSPS) is 13.7. The Morgan fingerprint density at radius 2 is 2.00 bits per heavy atom. The van der Waals surface area contributed by atoms with Crippen LogP contribution < -0.4 is 10.9 Å². The summed E-state index contributed by atoms with van der Waals surface area (Å²) in [5, 5.41) is 11.5. The van der Waals surface area contributed by atoms with E-state index in [1.54, 1.807) is 26.8 Å². The van der Waals surface area contributed by atoms with Gasteiger partial charge in [-0.1, -0.05) is 6.92 Å². The first-order valence-electron chi connectivity index (χ1n) is 5.97.